The maximum Gasteiger partial charge on any atom is 0.317 e. The van der Waals surface area contributed by atoms with Crippen molar-refractivity contribution >= 4 is 11.9 Å². The van der Waals surface area contributed by atoms with E-state index in [1.807, 2.05) is 23.8 Å². The summed E-state index contributed by atoms with van der Waals surface area (Å²) in [5, 5.41) is 2.91. The molecule has 1 aromatic heterocycles. The van der Waals surface area contributed by atoms with Crippen LogP contribution in [0.25, 0.3) is 0 Å². The predicted octanol–water partition coefficient (Wildman–Crippen LogP) is 1.84. The van der Waals surface area contributed by atoms with Gasteiger partial charge in [0.15, 0.2) is 0 Å². The predicted molar refractivity (Wildman–Crippen MR) is 95.1 cm³/mol. The summed E-state index contributed by atoms with van der Waals surface area (Å²) in [7, 11) is 2.03. The maximum absolute atomic E-state index is 12.6. The maximum atomic E-state index is 12.6. The van der Waals surface area contributed by atoms with Crippen LogP contribution in [0.2, 0.25) is 0 Å². The highest BCUT2D eigenvalue weighted by Crippen LogP contribution is 2.15. The molecule has 0 atom stereocenters. The Bertz CT molecular complexity index is 594. The Labute approximate surface area is 144 Å². The number of aryl methyl sites for hydroxylation is 1. The molecule has 1 saturated heterocycles. The smallest absolute Gasteiger partial charge is 0.317 e. The summed E-state index contributed by atoms with van der Waals surface area (Å²) in [6.07, 6.45) is 2.20. The summed E-state index contributed by atoms with van der Waals surface area (Å²) in [6.45, 7) is 9.50. The minimum atomic E-state index is -0.0133. The average molecular weight is 334 g/mol. The second-order valence-electron chi connectivity index (χ2n) is 6.59. The second-order valence-corrected chi connectivity index (χ2v) is 6.59. The van der Waals surface area contributed by atoms with Crippen LogP contribution in [0.5, 0.6) is 0 Å². The lowest BCUT2D eigenvalue weighted by molar-refractivity contribution is -0.130. The van der Waals surface area contributed by atoms with Crippen LogP contribution in [-0.2, 0) is 18.3 Å². The van der Waals surface area contributed by atoms with Crippen LogP contribution in [0.3, 0.4) is 0 Å². The van der Waals surface area contributed by atoms with E-state index in [2.05, 4.69) is 29.8 Å². The summed E-state index contributed by atoms with van der Waals surface area (Å²) in [5.74, 6) is 0.152. The number of hydrogen-bond acceptors (Lipinski definition) is 2. The summed E-state index contributed by atoms with van der Waals surface area (Å²) in [4.78, 5) is 28.4. The van der Waals surface area contributed by atoms with Gasteiger partial charge in [-0.1, -0.05) is 6.92 Å². The normalized spacial score (nSPS) is 15.3. The molecule has 134 valence electrons. The Morgan fingerprint density at radius 3 is 2.42 bits per heavy atom. The van der Waals surface area contributed by atoms with Crippen molar-refractivity contribution in [3.63, 3.8) is 0 Å². The number of nitrogens with one attached hydrogen (secondary N) is 1. The fourth-order valence-corrected chi connectivity index (χ4v) is 3.10. The highest BCUT2D eigenvalue weighted by molar-refractivity contribution is 5.79. The van der Waals surface area contributed by atoms with Crippen molar-refractivity contribution < 1.29 is 9.59 Å². The van der Waals surface area contributed by atoms with E-state index in [1.165, 1.54) is 5.69 Å². The molecule has 0 radical (unpaired) electrons. The number of aromatic nitrogens is 1. The summed E-state index contributed by atoms with van der Waals surface area (Å²) in [6, 6.07) is 2.08. The van der Waals surface area contributed by atoms with Gasteiger partial charge in [0.05, 0.1) is 6.42 Å². The first-order valence-corrected chi connectivity index (χ1v) is 8.86. The minimum Gasteiger partial charge on any atom is -0.352 e. The van der Waals surface area contributed by atoms with Gasteiger partial charge in [-0.15, -0.1) is 0 Å². The average Bonchev–Trinajstić information content (AvgIpc) is 2.78. The van der Waals surface area contributed by atoms with Crippen LogP contribution < -0.4 is 5.32 Å². The molecule has 2 heterocycles. The lowest BCUT2D eigenvalue weighted by Gasteiger charge is -2.22. The molecular formula is C18H30N4O2. The molecule has 0 unspecified atom stereocenters. The molecule has 3 amide bonds. The SMILES string of the molecule is CCCNC(=O)N1CCCN(C(=O)Cc2cc(C)n(C)c2C)CC1. The van der Waals surface area contributed by atoms with Crippen molar-refractivity contribution in [3.8, 4) is 0 Å². The second kappa shape index (κ2) is 8.22. The number of carbonyl (C=O) groups is 2. The van der Waals surface area contributed by atoms with Gasteiger partial charge in [0.1, 0.15) is 0 Å². The number of carbonyl (C=O) groups excluding carboxylic acids is 2. The Morgan fingerprint density at radius 1 is 1.12 bits per heavy atom. The molecule has 6 nitrogen and oxygen atoms in total. The van der Waals surface area contributed by atoms with Crippen molar-refractivity contribution in [1.29, 1.82) is 0 Å². The lowest BCUT2D eigenvalue weighted by Crippen LogP contribution is -2.43. The first-order valence-electron chi connectivity index (χ1n) is 8.86. The molecule has 1 aliphatic heterocycles. The molecule has 0 saturated carbocycles. The fraction of sp³-hybridized carbons (Fsp3) is 0.667. The Balaban J connectivity index is 1.92. The molecule has 0 spiro atoms. The van der Waals surface area contributed by atoms with Gasteiger partial charge in [-0.2, -0.15) is 0 Å². The topological polar surface area (TPSA) is 57.6 Å². The molecule has 1 aliphatic rings. The Morgan fingerprint density at radius 2 is 1.79 bits per heavy atom. The van der Waals surface area contributed by atoms with Crippen LogP contribution in [0.1, 0.15) is 36.7 Å². The number of rotatable bonds is 4. The van der Waals surface area contributed by atoms with Gasteiger partial charge in [0.25, 0.3) is 0 Å². The van der Waals surface area contributed by atoms with Crippen LogP contribution in [0.15, 0.2) is 6.07 Å². The first-order chi connectivity index (χ1) is 11.4. The van der Waals surface area contributed by atoms with Crippen molar-refractivity contribution in [2.75, 3.05) is 32.7 Å². The van der Waals surface area contributed by atoms with Crippen LogP contribution in [0, 0.1) is 13.8 Å². The number of urea groups is 1. The van der Waals surface area contributed by atoms with E-state index in [4.69, 9.17) is 0 Å². The zero-order chi connectivity index (χ0) is 17.7. The van der Waals surface area contributed by atoms with Crippen molar-refractivity contribution in [2.24, 2.45) is 7.05 Å². The third kappa shape index (κ3) is 4.30. The number of amides is 3. The number of nitrogens with zero attached hydrogens (tertiary/aromatic N) is 3. The first kappa shape index (κ1) is 18.4. The molecular weight excluding hydrogens is 304 g/mol. The third-order valence-electron chi connectivity index (χ3n) is 4.88. The van der Waals surface area contributed by atoms with E-state index in [-0.39, 0.29) is 11.9 Å². The molecule has 6 heteroatoms. The molecule has 0 aliphatic carbocycles. The summed E-state index contributed by atoms with van der Waals surface area (Å²) >= 11 is 0. The molecule has 1 fully saturated rings. The fourth-order valence-electron chi connectivity index (χ4n) is 3.10. The van der Waals surface area contributed by atoms with E-state index >= 15 is 0 Å². The van der Waals surface area contributed by atoms with E-state index in [0.29, 0.717) is 32.6 Å². The van der Waals surface area contributed by atoms with Gasteiger partial charge in [-0.3, -0.25) is 4.79 Å². The lowest BCUT2D eigenvalue weighted by atomic mass is 10.1. The Kier molecular flexibility index (Phi) is 6.29. The molecule has 0 bridgehead atoms. The molecule has 1 N–H and O–H groups in total. The zero-order valence-corrected chi connectivity index (χ0v) is 15.4. The van der Waals surface area contributed by atoms with Gasteiger partial charge >= 0.3 is 6.03 Å². The van der Waals surface area contributed by atoms with Gasteiger partial charge < -0.3 is 19.7 Å². The summed E-state index contributed by atoms with van der Waals surface area (Å²) in [5.41, 5.74) is 3.42. The standard InChI is InChI=1S/C18H30N4O2/c1-5-7-19-18(24)22-9-6-8-21(10-11-22)17(23)13-16-12-14(2)20(4)15(16)3/h12H,5-11,13H2,1-4H3,(H,19,24). The van der Waals surface area contributed by atoms with Crippen LogP contribution in [0.4, 0.5) is 4.79 Å². The molecule has 2 rings (SSSR count). The number of hydrogen-bond donors (Lipinski definition) is 1. The monoisotopic (exact) mass is 334 g/mol. The largest absolute Gasteiger partial charge is 0.352 e. The van der Waals surface area contributed by atoms with Gasteiger partial charge in [-0.05, 0) is 38.3 Å². The van der Waals surface area contributed by atoms with E-state index < -0.39 is 0 Å². The van der Waals surface area contributed by atoms with Crippen LogP contribution >= 0.6 is 0 Å². The Hall–Kier alpha value is -1.98. The van der Waals surface area contributed by atoms with Gasteiger partial charge in [-0.25, -0.2) is 4.79 Å². The van der Waals surface area contributed by atoms with Crippen molar-refractivity contribution in [3.05, 3.63) is 23.0 Å². The minimum absolute atomic E-state index is 0.0133. The molecule has 24 heavy (non-hydrogen) atoms. The van der Waals surface area contributed by atoms with Crippen molar-refractivity contribution in [2.45, 2.75) is 40.0 Å². The third-order valence-corrected chi connectivity index (χ3v) is 4.88. The van der Waals surface area contributed by atoms with Gasteiger partial charge in [0.2, 0.25) is 5.91 Å². The molecule has 1 aromatic rings. The van der Waals surface area contributed by atoms with Gasteiger partial charge in [0, 0.05) is 51.2 Å². The van der Waals surface area contributed by atoms with Crippen LogP contribution in [-0.4, -0.2) is 59.0 Å². The quantitative estimate of drug-likeness (QED) is 0.913. The summed E-state index contributed by atoms with van der Waals surface area (Å²) < 4.78 is 2.12. The highest BCUT2D eigenvalue weighted by Gasteiger charge is 2.22. The van der Waals surface area contributed by atoms with E-state index in [9.17, 15) is 9.59 Å². The molecule has 0 aromatic carbocycles. The highest BCUT2D eigenvalue weighted by atomic mass is 16.2. The van der Waals surface area contributed by atoms with E-state index in [0.717, 1.165) is 30.6 Å². The van der Waals surface area contributed by atoms with E-state index in [1.54, 1.807) is 0 Å². The van der Waals surface area contributed by atoms with Crippen molar-refractivity contribution in [1.82, 2.24) is 19.7 Å². The zero-order valence-electron chi connectivity index (χ0n) is 15.4.